The fourth-order valence-corrected chi connectivity index (χ4v) is 1.07. The third-order valence-corrected chi connectivity index (χ3v) is 1.82. The van der Waals surface area contributed by atoms with Gasteiger partial charge in [0.15, 0.2) is 0 Å². The van der Waals surface area contributed by atoms with Crippen LogP contribution in [0.2, 0.25) is 0 Å². The molecular formula is C11H14N2O. The second kappa shape index (κ2) is 6.01. The van der Waals surface area contributed by atoms with Crippen LogP contribution in [0.3, 0.4) is 0 Å². The Balaban J connectivity index is 2.43. The molecule has 0 amide bonds. The molecule has 0 radical (unpaired) electrons. The van der Waals surface area contributed by atoms with E-state index in [1.54, 1.807) is 0 Å². The van der Waals surface area contributed by atoms with Gasteiger partial charge in [0, 0.05) is 0 Å². The van der Waals surface area contributed by atoms with Crippen LogP contribution >= 0.6 is 0 Å². The normalized spacial score (nSPS) is 9.43. The molecule has 0 aromatic heterocycles. The molecule has 0 unspecified atom stereocenters. The zero-order valence-electron chi connectivity index (χ0n) is 8.07. The minimum atomic E-state index is 0.447. The second-order valence-corrected chi connectivity index (χ2v) is 2.97. The van der Waals surface area contributed by atoms with Gasteiger partial charge in [0.05, 0.1) is 19.1 Å². The molecule has 0 saturated carbocycles. The first kappa shape index (κ1) is 10.6. The number of hydrogen-bond acceptors (Lipinski definition) is 3. The molecule has 0 aliphatic carbocycles. The number of hydrogen-bond donors (Lipinski definition) is 1. The van der Waals surface area contributed by atoms with E-state index in [0.717, 1.165) is 17.7 Å². The van der Waals surface area contributed by atoms with Crippen LogP contribution in [0.5, 0.6) is 5.75 Å². The van der Waals surface area contributed by atoms with Gasteiger partial charge in [-0.1, -0.05) is 12.1 Å². The van der Waals surface area contributed by atoms with Crippen LogP contribution in [-0.4, -0.2) is 13.2 Å². The Hall–Kier alpha value is -1.53. The van der Waals surface area contributed by atoms with E-state index in [-0.39, 0.29) is 0 Å². The maximum atomic E-state index is 8.47. The van der Waals surface area contributed by atoms with Crippen molar-refractivity contribution < 1.29 is 4.74 Å². The van der Waals surface area contributed by atoms with Gasteiger partial charge >= 0.3 is 0 Å². The fourth-order valence-electron chi connectivity index (χ4n) is 1.07. The zero-order valence-corrected chi connectivity index (χ0v) is 8.07. The molecular weight excluding hydrogens is 176 g/mol. The highest BCUT2D eigenvalue weighted by atomic mass is 16.5. The zero-order chi connectivity index (χ0) is 10.2. The molecule has 1 aromatic carbocycles. The van der Waals surface area contributed by atoms with Gasteiger partial charge in [-0.05, 0) is 30.7 Å². The van der Waals surface area contributed by atoms with Crippen LogP contribution in [0.25, 0.3) is 0 Å². The third-order valence-electron chi connectivity index (χ3n) is 1.82. The van der Waals surface area contributed by atoms with E-state index >= 15 is 0 Å². The minimum Gasteiger partial charge on any atom is -0.494 e. The van der Waals surface area contributed by atoms with Crippen LogP contribution in [0, 0.1) is 11.3 Å². The van der Waals surface area contributed by atoms with Crippen molar-refractivity contribution in [3.63, 3.8) is 0 Å². The molecule has 0 heterocycles. The first-order valence-corrected chi connectivity index (χ1v) is 4.65. The van der Waals surface area contributed by atoms with E-state index in [0.29, 0.717) is 19.6 Å². The maximum absolute atomic E-state index is 8.47. The van der Waals surface area contributed by atoms with Gasteiger partial charge in [-0.2, -0.15) is 5.26 Å². The fraction of sp³-hybridized carbons (Fsp3) is 0.364. The third kappa shape index (κ3) is 3.46. The molecule has 0 aliphatic rings. The quantitative estimate of drug-likeness (QED) is 0.715. The lowest BCUT2D eigenvalue weighted by Crippen LogP contribution is -2.05. The van der Waals surface area contributed by atoms with Crippen molar-refractivity contribution in [2.24, 2.45) is 5.73 Å². The summed E-state index contributed by atoms with van der Waals surface area (Å²) in [5.41, 5.74) is 6.35. The summed E-state index contributed by atoms with van der Waals surface area (Å²) in [4.78, 5) is 0. The summed E-state index contributed by atoms with van der Waals surface area (Å²) >= 11 is 0. The standard InChI is InChI=1S/C11H14N2O/c12-7-1-9-14-11-4-2-10(3-5-11)6-8-13/h2-5H,1,6-7,9,12H2. The molecule has 0 saturated heterocycles. The summed E-state index contributed by atoms with van der Waals surface area (Å²) in [5.74, 6) is 0.833. The lowest BCUT2D eigenvalue weighted by molar-refractivity contribution is 0.313. The van der Waals surface area contributed by atoms with Crippen molar-refractivity contribution in [3.05, 3.63) is 29.8 Å². The first-order valence-electron chi connectivity index (χ1n) is 4.65. The highest BCUT2D eigenvalue weighted by Crippen LogP contribution is 2.12. The van der Waals surface area contributed by atoms with Gasteiger partial charge in [0.2, 0.25) is 0 Å². The van der Waals surface area contributed by atoms with Crippen molar-refractivity contribution in [2.75, 3.05) is 13.2 Å². The largest absolute Gasteiger partial charge is 0.494 e. The van der Waals surface area contributed by atoms with Crippen LogP contribution in [0.1, 0.15) is 12.0 Å². The second-order valence-electron chi connectivity index (χ2n) is 2.97. The molecule has 3 heteroatoms. The predicted octanol–water partition coefficient (Wildman–Crippen LogP) is 1.48. The number of nitriles is 1. The highest BCUT2D eigenvalue weighted by molar-refractivity contribution is 5.28. The Kier molecular flexibility index (Phi) is 4.53. The predicted molar refractivity (Wildman–Crippen MR) is 54.9 cm³/mol. The van der Waals surface area contributed by atoms with Crippen LogP contribution in [0.4, 0.5) is 0 Å². The summed E-state index contributed by atoms with van der Waals surface area (Å²) in [7, 11) is 0. The summed E-state index contributed by atoms with van der Waals surface area (Å²) in [6.45, 7) is 1.29. The van der Waals surface area contributed by atoms with Crippen molar-refractivity contribution in [1.82, 2.24) is 0 Å². The molecule has 1 rings (SSSR count). The summed E-state index contributed by atoms with van der Waals surface area (Å²) < 4.78 is 5.42. The molecule has 0 spiro atoms. The smallest absolute Gasteiger partial charge is 0.119 e. The van der Waals surface area contributed by atoms with Gasteiger partial charge < -0.3 is 10.5 Å². The van der Waals surface area contributed by atoms with Gasteiger partial charge in [-0.3, -0.25) is 0 Å². The maximum Gasteiger partial charge on any atom is 0.119 e. The van der Waals surface area contributed by atoms with E-state index in [2.05, 4.69) is 6.07 Å². The van der Waals surface area contributed by atoms with Crippen molar-refractivity contribution >= 4 is 0 Å². The van der Waals surface area contributed by atoms with Crippen LogP contribution < -0.4 is 10.5 Å². The minimum absolute atomic E-state index is 0.447. The molecule has 1 aromatic rings. The monoisotopic (exact) mass is 190 g/mol. The molecule has 0 fully saturated rings. The summed E-state index contributed by atoms with van der Waals surface area (Å²) in [6, 6.07) is 9.66. The van der Waals surface area contributed by atoms with E-state index in [1.165, 1.54) is 0 Å². The topological polar surface area (TPSA) is 59.0 Å². The Morgan fingerprint density at radius 2 is 2.00 bits per heavy atom. The number of ether oxygens (including phenoxy) is 1. The Morgan fingerprint density at radius 1 is 1.29 bits per heavy atom. The number of benzene rings is 1. The molecule has 74 valence electrons. The Bertz CT molecular complexity index is 300. The van der Waals surface area contributed by atoms with Crippen molar-refractivity contribution in [3.8, 4) is 11.8 Å². The molecule has 0 aliphatic heterocycles. The van der Waals surface area contributed by atoms with Gasteiger partial charge in [-0.15, -0.1) is 0 Å². The Morgan fingerprint density at radius 3 is 2.57 bits per heavy atom. The lowest BCUT2D eigenvalue weighted by atomic mass is 10.2. The molecule has 0 bridgehead atoms. The number of nitrogens with two attached hydrogens (primary N) is 1. The highest BCUT2D eigenvalue weighted by Gasteiger charge is 1.94. The van der Waals surface area contributed by atoms with Gasteiger partial charge in [0.25, 0.3) is 0 Å². The van der Waals surface area contributed by atoms with E-state index in [1.807, 2.05) is 24.3 Å². The average molecular weight is 190 g/mol. The summed E-state index contributed by atoms with van der Waals surface area (Å²) in [6.07, 6.45) is 1.31. The average Bonchev–Trinajstić information content (AvgIpc) is 2.21. The van der Waals surface area contributed by atoms with E-state index in [9.17, 15) is 0 Å². The Labute approximate surface area is 84.1 Å². The number of rotatable bonds is 5. The molecule has 2 N–H and O–H groups in total. The van der Waals surface area contributed by atoms with Gasteiger partial charge in [0.1, 0.15) is 5.75 Å². The number of nitrogens with zero attached hydrogens (tertiary/aromatic N) is 1. The molecule has 14 heavy (non-hydrogen) atoms. The summed E-state index contributed by atoms with van der Waals surface area (Å²) in [5, 5.41) is 8.47. The molecule has 3 nitrogen and oxygen atoms in total. The van der Waals surface area contributed by atoms with E-state index < -0.39 is 0 Å². The molecule has 0 atom stereocenters. The van der Waals surface area contributed by atoms with E-state index in [4.69, 9.17) is 15.7 Å². The lowest BCUT2D eigenvalue weighted by Gasteiger charge is -2.04. The first-order chi connectivity index (χ1) is 6.86. The van der Waals surface area contributed by atoms with Gasteiger partial charge in [-0.25, -0.2) is 0 Å². The van der Waals surface area contributed by atoms with Crippen LogP contribution in [-0.2, 0) is 6.42 Å². The van der Waals surface area contributed by atoms with Crippen LogP contribution in [0.15, 0.2) is 24.3 Å². The van der Waals surface area contributed by atoms with Crippen molar-refractivity contribution in [1.29, 1.82) is 5.26 Å². The van der Waals surface area contributed by atoms with Crippen molar-refractivity contribution in [2.45, 2.75) is 12.8 Å². The SMILES string of the molecule is N#CCc1ccc(OCCCN)cc1.